The van der Waals surface area contributed by atoms with Crippen molar-refractivity contribution in [3.8, 4) is 0 Å². The Morgan fingerprint density at radius 1 is 1.28 bits per heavy atom. The number of hydrogen-bond acceptors (Lipinski definition) is 3. The van der Waals surface area contributed by atoms with Gasteiger partial charge < -0.3 is 15.5 Å². The van der Waals surface area contributed by atoms with Gasteiger partial charge in [-0.2, -0.15) is 11.3 Å². The normalized spacial score (nSPS) is 17.8. The minimum absolute atomic E-state index is 0.0489. The van der Waals surface area contributed by atoms with Crippen molar-refractivity contribution in [2.45, 2.75) is 37.8 Å². The third-order valence-electron chi connectivity index (χ3n) is 4.94. The zero-order valence-corrected chi connectivity index (χ0v) is 15.8. The molecule has 2 N–H and O–H groups in total. The number of carbonyl (C=O) groups is 1. The summed E-state index contributed by atoms with van der Waals surface area (Å²) >= 11 is 1.72. The topological polar surface area (TPSA) is 44.4 Å². The largest absolute Gasteiger partial charge is 0.338 e. The van der Waals surface area contributed by atoms with E-state index in [2.05, 4.69) is 70.7 Å². The van der Waals surface area contributed by atoms with E-state index in [9.17, 15) is 4.79 Å². The summed E-state index contributed by atoms with van der Waals surface area (Å²) < 4.78 is 0. The first-order chi connectivity index (χ1) is 12.1. The van der Waals surface area contributed by atoms with Gasteiger partial charge in [-0.25, -0.2) is 4.79 Å². The van der Waals surface area contributed by atoms with Crippen LogP contribution in [0.15, 0.2) is 41.1 Å². The van der Waals surface area contributed by atoms with E-state index >= 15 is 0 Å². The van der Waals surface area contributed by atoms with Crippen molar-refractivity contribution in [1.29, 1.82) is 0 Å². The maximum absolute atomic E-state index is 12.2. The second kappa shape index (κ2) is 8.50. The molecule has 0 bridgehead atoms. The van der Waals surface area contributed by atoms with Crippen molar-refractivity contribution in [3.63, 3.8) is 0 Å². The van der Waals surface area contributed by atoms with E-state index < -0.39 is 0 Å². The van der Waals surface area contributed by atoms with E-state index in [0.29, 0.717) is 12.6 Å². The zero-order valence-electron chi connectivity index (χ0n) is 15.0. The van der Waals surface area contributed by atoms with Crippen molar-refractivity contribution in [1.82, 2.24) is 15.5 Å². The molecule has 134 valence electrons. The fraction of sp³-hybridized carbons (Fsp3) is 0.450. The molecule has 0 saturated heterocycles. The average Bonchev–Trinajstić information content (AvgIpc) is 3.12. The van der Waals surface area contributed by atoms with Gasteiger partial charge in [0.15, 0.2) is 0 Å². The molecule has 4 nitrogen and oxygen atoms in total. The standard InChI is InChI=1S/C20H27N3OS/c1-23(2)19(17-10-12-25-14-17)9-11-21-20(24)22-18-8-7-15-5-3-4-6-16(15)13-18/h3-6,10,12,14,18-19H,7-9,11,13H2,1-2H3,(H2,21,22,24). The Hall–Kier alpha value is -1.85. The van der Waals surface area contributed by atoms with Crippen LogP contribution in [0.1, 0.15) is 35.6 Å². The van der Waals surface area contributed by atoms with Gasteiger partial charge in [0, 0.05) is 18.6 Å². The van der Waals surface area contributed by atoms with Crippen LogP contribution < -0.4 is 10.6 Å². The number of carbonyl (C=O) groups excluding carboxylic acids is 1. The summed E-state index contributed by atoms with van der Waals surface area (Å²) in [6.45, 7) is 0.674. The summed E-state index contributed by atoms with van der Waals surface area (Å²) in [5.41, 5.74) is 4.11. The maximum atomic E-state index is 12.2. The van der Waals surface area contributed by atoms with E-state index in [1.54, 1.807) is 11.3 Å². The average molecular weight is 358 g/mol. The van der Waals surface area contributed by atoms with Crippen molar-refractivity contribution < 1.29 is 4.79 Å². The lowest BCUT2D eigenvalue weighted by Crippen LogP contribution is -2.45. The molecule has 3 rings (SSSR count). The summed E-state index contributed by atoms with van der Waals surface area (Å²) in [6.07, 6.45) is 3.89. The summed E-state index contributed by atoms with van der Waals surface area (Å²) in [6, 6.07) is 11.2. The molecule has 2 atom stereocenters. The molecule has 0 aliphatic heterocycles. The van der Waals surface area contributed by atoms with Crippen LogP contribution in [-0.2, 0) is 12.8 Å². The molecule has 0 fully saturated rings. The molecule has 0 spiro atoms. The van der Waals surface area contributed by atoms with Crippen LogP contribution in [0.2, 0.25) is 0 Å². The first-order valence-electron chi connectivity index (χ1n) is 8.93. The maximum Gasteiger partial charge on any atom is 0.315 e. The fourth-order valence-electron chi connectivity index (χ4n) is 3.57. The number of benzene rings is 1. The van der Waals surface area contributed by atoms with Crippen molar-refractivity contribution >= 4 is 17.4 Å². The highest BCUT2D eigenvalue weighted by molar-refractivity contribution is 7.07. The molecule has 1 aliphatic rings. The van der Waals surface area contributed by atoms with Gasteiger partial charge in [-0.05, 0) is 73.3 Å². The van der Waals surface area contributed by atoms with Crippen LogP contribution in [0.3, 0.4) is 0 Å². The number of fused-ring (bicyclic) bond motifs is 1. The van der Waals surface area contributed by atoms with Crippen LogP contribution in [0, 0.1) is 0 Å². The molecule has 0 saturated carbocycles. The lowest BCUT2D eigenvalue weighted by atomic mass is 9.88. The molecule has 2 amide bonds. The van der Waals surface area contributed by atoms with Crippen molar-refractivity contribution in [2.75, 3.05) is 20.6 Å². The Bertz CT molecular complexity index is 684. The Balaban J connectivity index is 1.44. The third kappa shape index (κ3) is 4.83. The van der Waals surface area contributed by atoms with E-state index in [1.807, 2.05) is 0 Å². The molecule has 2 unspecified atom stereocenters. The highest BCUT2D eigenvalue weighted by atomic mass is 32.1. The lowest BCUT2D eigenvalue weighted by molar-refractivity contribution is 0.232. The lowest BCUT2D eigenvalue weighted by Gasteiger charge is -2.26. The number of aryl methyl sites for hydroxylation is 1. The smallest absolute Gasteiger partial charge is 0.315 e. The molecule has 2 aromatic rings. The van der Waals surface area contributed by atoms with Gasteiger partial charge >= 0.3 is 6.03 Å². The highest BCUT2D eigenvalue weighted by Crippen LogP contribution is 2.24. The number of hydrogen-bond donors (Lipinski definition) is 2. The monoisotopic (exact) mass is 357 g/mol. The number of amides is 2. The van der Waals surface area contributed by atoms with Crippen LogP contribution in [-0.4, -0.2) is 37.6 Å². The molecular formula is C20H27N3OS. The Labute approximate surface area is 154 Å². The number of nitrogens with zero attached hydrogens (tertiary/aromatic N) is 1. The predicted octanol–water partition coefficient (Wildman–Crippen LogP) is 3.60. The minimum Gasteiger partial charge on any atom is -0.338 e. The number of nitrogens with one attached hydrogen (secondary N) is 2. The van der Waals surface area contributed by atoms with E-state index in [4.69, 9.17) is 0 Å². The van der Waals surface area contributed by atoms with E-state index in [-0.39, 0.29) is 12.1 Å². The fourth-order valence-corrected chi connectivity index (χ4v) is 4.27. The Morgan fingerprint density at radius 3 is 2.80 bits per heavy atom. The molecule has 1 aromatic heterocycles. The van der Waals surface area contributed by atoms with Gasteiger partial charge in [0.05, 0.1) is 0 Å². The predicted molar refractivity (Wildman–Crippen MR) is 104 cm³/mol. The first-order valence-corrected chi connectivity index (χ1v) is 9.87. The second-order valence-corrected chi connectivity index (χ2v) is 7.71. The van der Waals surface area contributed by atoms with Crippen LogP contribution in [0.4, 0.5) is 4.79 Å². The zero-order chi connectivity index (χ0) is 17.6. The van der Waals surface area contributed by atoms with Gasteiger partial charge in [-0.1, -0.05) is 24.3 Å². The van der Waals surface area contributed by atoms with Gasteiger partial charge in [0.25, 0.3) is 0 Å². The molecule has 1 heterocycles. The SMILES string of the molecule is CN(C)C(CCNC(=O)NC1CCc2ccccc2C1)c1ccsc1. The van der Waals surface area contributed by atoms with Gasteiger partial charge in [0.2, 0.25) is 0 Å². The molecule has 0 radical (unpaired) electrons. The van der Waals surface area contributed by atoms with Gasteiger partial charge in [-0.15, -0.1) is 0 Å². The van der Waals surface area contributed by atoms with Crippen LogP contribution in [0.25, 0.3) is 0 Å². The van der Waals surface area contributed by atoms with Gasteiger partial charge in [-0.3, -0.25) is 0 Å². The molecule has 1 aliphatic carbocycles. The van der Waals surface area contributed by atoms with E-state index in [1.165, 1.54) is 16.7 Å². The molecular weight excluding hydrogens is 330 g/mol. The number of rotatable bonds is 6. The van der Waals surface area contributed by atoms with Crippen LogP contribution in [0.5, 0.6) is 0 Å². The Kier molecular flexibility index (Phi) is 6.10. The summed E-state index contributed by atoms with van der Waals surface area (Å²) in [5.74, 6) is 0. The third-order valence-corrected chi connectivity index (χ3v) is 5.64. The highest BCUT2D eigenvalue weighted by Gasteiger charge is 2.20. The quantitative estimate of drug-likeness (QED) is 0.830. The second-order valence-electron chi connectivity index (χ2n) is 6.93. The first kappa shape index (κ1) is 18.0. The number of urea groups is 1. The molecule has 5 heteroatoms. The Morgan fingerprint density at radius 2 is 2.08 bits per heavy atom. The van der Waals surface area contributed by atoms with Crippen molar-refractivity contribution in [3.05, 3.63) is 57.8 Å². The summed E-state index contributed by atoms with van der Waals surface area (Å²) in [4.78, 5) is 14.4. The number of thiophene rings is 1. The minimum atomic E-state index is -0.0489. The molecule has 1 aromatic carbocycles. The van der Waals surface area contributed by atoms with Crippen molar-refractivity contribution in [2.24, 2.45) is 0 Å². The summed E-state index contributed by atoms with van der Waals surface area (Å²) in [7, 11) is 4.17. The van der Waals surface area contributed by atoms with Gasteiger partial charge in [0.1, 0.15) is 0 Å². The van der Waals surface area contributed by atoms with Crippen LogP contribution >= 0.6 is 11.3 Å². The van der Waals surface area contributed by atoms with E-state index in [0.717, 1.165) is 25.7 Å². The molecule has 25 heavy (non-hydrogen) atoms. The summed E-state index contributed by atoms with van der Waals surface area (Å²) in [5, 5.41) is 10.5.